The topological polar surface area (TPSA) is 41.4 Å². The largest absolute Gasteiger partial charge is 0.336 e. The number of benzene rings is 3. The molecule has 2 heterocycles. The lowest BCUT2D eigenvalue weighted by molar-refractivity contribution is 0.0629. The van der Waals surface area contributed by atoms with Crippen LogP contribution in [0.15, 0.2) is 85.1 Å². The molecule has 0 N–H and O–H groups in total. The number of piperazine rings is 1. The van der Waals surface area contributed by atoms with Gasteiger partial charge < -0.3 is 4.90 Å². The number of rotatable bonds is 5. The first-order valence-electron chi connectivity index (χ1n) is 11.2. The van der Waals surface area contributed by atoms with E-state index in [1.165, 1.54) is 12.1 Å². The number of halogens is 2. The van der Waals surface area contributed by atoms with Gasteiger partial charge in [0.05, 0.1) is 11.3 Å². The van der Waals surface area contributed by atoms with Crippen molar-refractivity contribution < 1.29 is 9.18 Å². The van der Waals surface area contributed by atoms with Gasteiger partial charge in [0.2, 0.25) is 0 Å². The van der Waals surface area contributed by atoms with E-state index in [0.29, 0.717) is 49.0 Å². The van der Waals surface area contributed by atoms with E-state index in [-0.39, 0.29) is 11.7 Å². The first kappa shape index (κ1) is 22.3. The van der Waals surface area contributed by atoms with E-state index in [0.717, 1.165) is 16.8 Å². The van der Waals surface area contributed by atoms with Crippen LogP contribution in [0.1, 0.15) is 15.9 Å². The van der Waals surface area contributed by atoms with E-state index in [2.05, 4.69) is 4.90 Å². The first-order chi connectivity index (χ1) is 16.6. The van der Waals surface area contributed by atoms with Crippen LogP contribution in [0.25, 0.3) is 16.9 Å². The molecule has 1 fully saturated rings. The molecule has 0 spiro atoms. The van der Waals surface area contributed by atoms with Crippen molar-refractivity contribution in [2.24, 2.45) is 0 Å². The summed E-state index contributed by atoms with van der Waals surface area (Å²) in [6.45, 7) is 3.26. The molecule has 0 aliphatic carbocycles. The van der Waals surface area contributed by atoms with Crippen molar-refractivity contribution in [2.45, 2.75) is 6.54 Å². The minimum absolute atomic E-state index is 0.0273. The molecule has 0 unspecified atom stereocenters. The molecule has 34 heavy (non-hydrogen) atoms. The molecule has 5 nitrogen and oxygen atoms in total. The van der Waals surface area contributed by atoms with Crippen LogP contribution in [0.2, 0.25) is 5.02 Å². The van der Waals surface area contributed by atoms with Crippen molar-refractivity contribution in [2.75, 3.05) is 26.2 Å². The fourth-order valence-corrected chi connectivity index (χ4v) is 4.45. The van der Waals surface area contributed by atoms with Gasteiger partial charge in [0.25, 0.3) is 5.91 Å². The molecule has 5 rings (SSSR count). The van der Waals surface area contributed by atoms with Gasteiger partial charge in [0.15, 0.2) is 0 Å². The lowest BCUT2D eigenvalue weighted by atomic mass is 10.1. The second-order valence-corrected chi connectivity index (χ2v) is 8.75. The molecule has 0 atom stereocenters. The van der Waals surface area contributed by atoms with E-state index < -0.39 is 0 Å². The molecule has 1 aromatic heterocycles. The van der Waals surface area contributed by atoms with Crippen LogP contribution in [-0.4, -0.2) is 51.7 Å². The fraction of sp³-hybridized carbons (Fsp3) is 0.185. The summed E-state index contributed by atoms with van der Waals surface area (Å²) in [5.74, 6) is -0.366. The Hall–Kier alpha value is -3.48. The smallest absolute Gasteiger partial charge is 0.257 e. The van der Waals surface area contributed by atoms with Crippen LogP contribution in [0.5, 0.6) is 0 Å². The summed E-state index contributed by atoms with van der Waals surface area (Å²) < 4.78 is 15.1. The molecule has 0 radical (unpaired) electrons. The van der Waals surface area contributed by atoms with Gasteiger partial charge in [0, 0.05) is 49.5 Å². The molecule has 7 heteroatoms. The third-order valence-corrected chi connectivity index (χ3v) is 6.43. The Bertz CT molecular complexity index is 1280. The van der Waals surface area contributed by atoms with Gasteiger partial charge in [-0.25, -0.2) is 9.07 Å². The standard InChI is InChI=1S/C27H24ClFN4O/c28-25-17-22(29)12-11-21(25)18-31-13-15-32(16-14-31)27(34)24-19-33(23-9-5-2-6-10-23)30-26(24)20-7-3-1-4-8-20/h1-12,17,19H,13-16,18H2. The molecule has 3 aromatic carbocycles. The van der Waals surface area contributed by atoms with Crippen molar-refractivity contribution in [3.8, 4) is 16.9 Å². The van der Waals surface area contributed by atoms with Gasteiger partial charge in [-0.15, -0.1) is 0 Å². The highest BCUT2D eigenvalue weighted by atomic mass is 35.5. The number of amides is 1. The number of nitrogens with zero attached hydrogens (tertiary/aromatic N) is 4. The third kappa shape index (κ3) is 4.74. The van der Waals surface area contributed by atoms with Gasteiger partial charge in [-0.1, -0.05) is 66.2 Å². The lowest BCUT2D eigenvalue weighted by Gasteiger charge is -2.34. The lowest BCUT2D eigenvalue weighted by Crippen LogP contribution is -2.48. The van der Waals surface area contributed by atoms with Gasteiger partial charge >= 0.3 is 0 Å². The molecule has 0 bridgehead atoms. The molecule has 0 saturated carbocycles. The minimum Gasteiger partial charge on any atom is -0.336 e. The summed E-state index contributed by atoms with van der Waals surface area (Å²) in [6.07, 6.45) is 1.82. The maximum Gasteiger partial charge on any atom is 0.257 e. The first-order valence-corrected chi connectivity index (χ1v) is 11.6. The Balaban J connectivity index is 1.35. The Morgan fingerprint density at radius 1 is 0.912 bits per heavy atom. The molecule has 1 aliphatic heterocycles. The van der Waals surface area contributed by atoms with Crippen LogP contribution >= 0.6 is 11.6 Å². The predicted octanol–water partition coefficient (Wildman–Crippen LogP) is 5.29. The summed E-state index contributed by atoms with van der Waals surface area (Å²) in [5.41, 5.74) is 3.96. The normalized spacial score (nSPS) is 14.4. The summed E-state index contributed by atoms with van der Waals surface area (Å²) in [4.78, 5) is 17.7. The summed E-state index contributed by atoms with van der Waals surface area (Å²) in [5, 5.41) is 5.20. The number of hydrogen-bond acceptors (Lipinski definition) is 3. The highest BCUT2D eigenvalue weighted by Gasteiger charge is 2.27. The predicted molar refractivity (Wildman–Crippen MR) is 132 cm³/mol. The highest BCUT2D eigenvalue weighted by Crippen LogP contribution is 2.26. The van der Waals surface area contributed by atoms with Gasteiger partial charge in [0.1, 0.15) is 11.5 Å². The molecule has 1 aliphatic rings. The van der Waals surface area contributed by atoms with Crippen LogP contribution < -0.4 is 0 Å². The average molecular weight is 475 g/mol. The van der Waals surface area contributed by atoms with E-state index in [1.54, 1.807) is 10.7 Å². The molecule has 4 aromatic rings. The second-order valence-electron chi connectivity index (χ2n) is 8.34. The molecule has 1 amide bonds. The van der Waals surface area contributed by atoms with Crippen LogP contribution in [0.3, 0.4) is 0 Å². The molecule has 1 saturated heterocycles. The van der Waals surface area contributed by atoms with Gasteiger partial charge in [-0.2, -0.15) is 5.10 Å². The number of aromatic nitrogens is 2. The number of carbonyl (C=O) groups is 1. The monoisotopic (exact) mass is 474 g/mol. The molecule has 172 valence electrons. The quantitative estimate of drug-likeness (QED) is 0.394. The molecular weight excluding hydrogens is 451 g/mol. The fourth-order valence-electron chi connectivity index (χ4n) is 4.22. The highest BCUT2D eigenvalue weighted by molar-refractivity contribution is 6.31. The maximum absolute atomic E-state index is 13.6. The van der Waals surface area contributed by atoms with Crippen molar-refractivity contribution in [3.63, 3.8) is 0 Å². The van der Waals surface area contributed by atoms with E-state index in [1.807, 2.05) is 71.8 Å². The maximum atomic E-state index is 13.6. The zero-order valence-corrected chi connectivity index (χ0v) is 19.3. The number of carbonyl (C=O) groups excluding carboxylic acids is 1. The zero-order chi connectivity index (χ0) is 23.5. The minimum atomic E-state index is -0.338. The Kier molecular flexibility index (Phi) is 6.43. The molecular formula is C27H24ClFN4O. The van der Waals surface area contributed by atoms with Gasteiger partial charge in [-0.3, -0.25) is 9.69 Å². The number of para-hydroxylation sites is 1. The summed E-state index contributed by atoms with van der Waals surface area (Å²) in [7, 11) is 0. The van der Waals surface area contributed by atoms with Gasteiger partial charge in [-0.05, 0) is 29.8 Å². The second kappa shape index (κ2) is 9.79. The zero-order valence-electron chi connectivity index (χ0n) is 18.6. The van der Waals surface area contributed by atoms with Crippen molar-refractivity contribution in [1.82, 2.24) is 19.6 Å². The van der Waals surface area contributed by atoms with Crippen molar-refractivity contribution in [3.05, 3.63) is 107 Å². The Morgan fingerprint density at radius 2 is 1.59 bits per heavy atom. The summed E-state index contributed by atoms with van der Waals surface area (Å²) in [6, 6.07) is 24.1. The SMILES string of the molecule is O=C(c1cn(-c2ccccc2)nc1-c1ccccc1)N1CCN(Cc2ccc(F)cc2Cl)CC1. The van der Waals surface area contributed by atoms with E-state index in [4.69, 9.17) is 16.7 Å². The van der Waals surface area contributed by atoms with E-state index >= 15 is 0 Å². The Labute approximate surface area is 203 Å². The van der Waals surface area contributed by atoms with Crippen LogP contribution in [0, 0.1) is 5.82 Å². The Morgan fingerprint density at radius 3 is 2.26 bits per heavy atom. The number of hydrogen-bond donors (Lipinski definition) is 0. The average Bonchev–Trinajstić information content (AvgIpc) is 3.32. The van der Waals surface area contributed by atoms with E-state index in [9.17, 15) is 9.18 Å². The van der Waals surface area contributed by atoms with Crippen LogP contribution in [-0.2, 0) is 6.54 Å². The summed E-state index contributed by atoms with van der Waals surface area (Å²) >= 11 is 6.20. The van der Waals surface area contributed by atoms with Crippen molar-refractivity contribution >= 4 is 17.5 Å². The van der Waals surface area contributed by atoms with Crippen LogP contribution in [0.4, 0.5) is 4.39 Å². The third-order valence-electron chi connectivity index (χ3n) is 6.08. The van der Waals surface area contributed by atoms with Crippen molar-refractivity contribution in [1.29, 1.82) is 0 Å².